The topological polar surface area (TPSA) is 58.1 Å². The summed E-state index contributed by atoms with van der Waals surface area (Å²) in [7, 11) is 2.12. The zero-order valence-electron chi connectivity index (χ0n) is 14.9. The zero-order chi connectivity index (χ0) is 17.9. The predicted octanol–water partition coefficient (Wildman–Crippen LogP) is 3.12. The highest BCUT2D eigenvalue weighted by Crippen LogP contribution is 2.24. The molecule has 1 aromatic carbocycles. The van der Waals surface area contributed by atoms with Crippen LogP contribution in [0.15, 0.2) is 54.9 Å². The van der Waals surface area contributed by atoms with Crippen LogP contribution in [0.4, 0.5) is 0 Å². The Kier molecular flexibility index (Phi) is 4.63. The molecule has 0 spiro atoms. The number of nitrogens with one attached hydrogen (secondary N) is 1. The van der Waals surface area contributed by atoms with E-state index in [1.165, 1.54) is 0 Å². The van der Waals surface area contributed by atoms with Gasteiger partial charge in [0.25, 0.3) is 5.91 Å². The molecule has 0 unspecified atom stereocenters. The number of fused-ring (bicyclic) bond motifs is 1. The normalized spacial score (nSPS) is 15.9. The Bertz CT molecular complexity index is 918. The third-order valence-corrected chi connectivity index (χ3v) is 4.97. The van der Waals surface area contributed by atoms with Gasteiger partial charge in [0, 0.05) is 29.4 Å². The van der Waals surface area contributed by atoms with Gasteiger partial charge >= 0.3 is 0 Å². The molecule has 0 aliphatic carbocycles. The second-order valence-corrected chi connectivity index (χ2v) is 6.86. The number of carbonyl (C=O) groups is 1. The van der Waals surface area contributed by atoms with Crippen LogP contribution in [-0.4, -0.2) is 47.0 Å². The van der Waals surface area contributed by atoms with Crippen molar-refractivity contribution in [3.05, 3.63) is 60.4 Å². The van der Waals surface area contributed by atoms with E-state index in [-0.39, 0.29) is 11.9 Å². The first-order valence-corrected chi connectivity index (χ1v) is 9.00. The SMILES string of the molecule is CN1CCC(NC(=O)c2cc(-c3cccnc3)nc3ccccc23)CC1. The summed E-state index contributed by atoms with van der Waals surface area (Å²) >= 11 is 0. The van der Waals surface area contributed by atoms with Crippen molar-refractivity contribution in [2.75, 3.05) is 20.1 Å². The van der Waals surface area contributed by atoms with Crippen LogP contribution < -0.4 is 5.32 Å². The molecule has 26 heavy (non-hydrogen) atoms. The van der Waals surface area contributed by atoms with Gasteiger partial charge in [-0.3, -0.25) is 9.78 Å². The summed E-state index contributed by atoms with van der Waals surface area (Å²) in [6.07, 6.45) is 5.48. The highest BCUT2D eigenvalue weighted by Gasteiger charge is 2.21. The molecule has 0 bridgehead atoms. The second kappa shape index (κ2) is 7.22. The minimum Gasteiger partial charge on any atom is -0.349 e. The van der Waals surface area contributed by atoms with Crippen molar-refractivity contribution in [1.29, 1.82) is 0 Å². The van der Waals surface area contributed by atoms with E-state index in [0.717, 1.165) is 48.1 Å². The fraction of sp³-hybridized carbons (Fsp3) is 0.286. The van der Waals surface area contributed by atoms with Gasteiger partial charge in [0.15, 0.2) is 0 Å². The number of carbonyl (C=O) groups excluding carboxylic acids is 1. The van der Waals surface area contributed by atoms with E-state index in [1.807, 2.05) is 42.5 Å². The Morgan fingerprint density at radius 3 is 2.73 bits per heavy atom. The Morgan fingerprint density at radius 2 is 1.96 bits per heavy atom. The predicted molar refractivity (Wildman–Crippen MR) is 103 cm³/mol. The molecule has 3 aromatic rings. The molecule has 3 heterocycles. The van der Waals surface area contributed by atoms with Crippen LogP contribution in [0.3, 0.4) is 0 Å². The number of aromatic nitrogens is 2. The van der Waals surface area contributed by atoms with Crippen LogP contribution >= 0.6 is 0 Å². The van der Waals surface area contributed by atoms with E-state index in [1.54, 1.807) is 12.4 Å². The van der Waals surface area contributed by atoms with E-state index in [2.05, 4.69) is 22.2 Å². The first kappa shape index (κ1) is 16.7. The third-order valence-electron chi connectivity index (χ3n) is 4.97. The van der Waals surface area contributed by atoms with Gasteiger partial charge in [-0.1, -0.05) is 18.2 Å². The fourth-order valence-corrected chi connectivity index (χ4v) is 3.44. The van der Waals surface area contributed by atoms with Gasteiger partial charge in [0.05, 0.1) is 16.8 Å². The monoisotopic (exact) mass is 346 g/mol. The molecule has 0 atom stereocenters. The standard InChI is InChI=1S/C21H22N4O/c1-25-11-8-16(9-12-25)23-21(26)18-13-20(15-5-4-10-22-14-15)24-19-7-3-2-6-17(18)19/h2-7,10,13-14,16H,8-9,11-12H2,1H3,(H,23,26). The van der Waals surface area contributed by atoms with E-state index in [9.17, 15) is 4.79 Å². The van der Waals surface area contributed by atoms with Gasteiger partial charge < -0.3 is 10.2 Å². The smallest absolute Gasteiger partial charge is 0.252 e. The second-order valence-electron chi connectivity index (χ2n) is 6.86. The minimum absolute atomic E-state index is 0.0247. The number of likely N-dealkylation sites (tertiary alicyclic amines) is 1. The lowest BCUT2D eigenvalue weighted by atomic mass is 10.0. The van der Waals surface area contributed by atoms with E-state index < -0.39 is 0 Å². The van der Waals surface area contributed by atoms with Crippen LogP contribution in [0.2, 0.25) is 0 Å². The molecule has 1 saturated heterocycles. The van der Waals surface area contributed by atoms with Crippen molar-refractivity contribution in [2.24, 2.45) is 0 Å². The first-order chi connectivity index (χ1) is 12.7. The van der Waals surface area contributed by atoms with Gasteiger partial charge in [-0.2, -0.15) is 0 Å². The summed E-state index contributed by atoms with van der Waals surface area (Å²) in [6.45, 7) is 2.03. The molecule has 1 aliphatic rings. The molecule has 1 N–H and O–H groups in total. The third kappa shape index (κ3) is 3.44. The van der Waals surface area contributed by atoms with Gasteiger partial charge in [-0.25, -0.2) is 4.98 Å². The maximum Gasteiger partial charge on any atom is 0.252 e. The summed E-state index contributed by atoms with van der Waals surface area (Å²) in [6, 6.07) is 13.7. The molecule has 1 amide bonds. The average molecular weight is 346 g/mol. The summed E-state index contributed by atoms with van der Waals surface area (Å²) in [5, 5.41) is 4.10. The van der Waals surface area contributed by atoms with Crippen LogP contribution in [0, 0.1) is 0 Å². The number of piperidine rings is 1. The van der Waals surface area contributed by atoms with Crippen molar-refractivity contribution < 1.29 is 4.79 Å². The number of hydrogen-bond donors (Lipinski definition) is 1. The zero-order valence-corrected chi connectivity index (χ0v) is 14.9. The Balaban J connectivity index is 1.70. The summed E-state index contributed by atoms with van der Waals surface area (Å²) in [5.74, 6) is -0.0247. The van der Waals surface area contributed by atoms with Crippen molar-refractivity contribution in [3.63, 3.8) is 0 Å². The van der Waals surface area contributed by atoms with Gasteiger partial charge in [-0.05, 0) is 57.2 Å². The maximum absolute atomic E-state index is 13.0. The highest BCUT2D eigenvalue weighted by atomic mass is 16.1. The number of benzene rings is 1. The van der Waals surface area contributed by atoms with Crippen molar-refractivity contribution >= 4 is 16.8 Å². The lowest BCUT2D eigenvalue weighted by Crippen LogP contribution is -2.43. The van der Waals surface area contributed by atoms with Crippen molar-refractivity contribution in [1.82, 2.24) is 20.2 Å². The summed E-state index contributed by atoms with van der Waals surface area (Å²) < 4.78 is 0. The molecule has 132 valence electrons. The molecule has 0 saturated carbocycles. The first-order valence-electron chi connectivity index (χ1n) is 9.00. The van der Waals surface area contributed by atoms with Gasteiger partial charge in [-0.15, -0.1) is 0 Å². The highest BCUT2D eigenvalue weighted by molar-refractivity contribution is 6.07. The summed E-state index contributed by atoms with van der Waals surface area (Å²) in [4.78, 5) is 24.2. The van der Waals surface area contributed by atoms with Crippen LogP contribution in [0.25, 0.3) is 22.2 Å². The molecule has 5 heteroatoms. The lowest BCUT2D eigenvalue weighted by Gasteiger charge is -2.29. The van der Waals surface area contributed by atoms with E-state index in [0.29, 0.717) is 5.56 Å². The molecule has 5 nitrogen and oxygen atoms in total. The molecule has 4 rings (SSSR count). The number of pyridine rings is 2. The van der Waals surface area contributed by atoms with Crippen LogP contribution in [0.1, 0.15) is 23.2 Å². The maximum atomic E-state index is 13.0. The lowest BCUT2D eigenvalue weighted by molar-refractivity contribution is 0.0918. The van der Waals surface area contributed by atoms with Crippen molar-refractivity contribution in [2.45, 2.75) is 18.9 Å². The number of para-hydroxylation sites is 1. The Hall–Kier alpha value is -2.79. The number of nitrogens with zero attached hydrogens (tertiary/aromatic N) is 3. The van der Waals surface area contributed by atoms with Crippen molar-refractivity contribution in [3.8, 4) is 11.3 Å². The summed E-state index contributed by atoms with van der Waals surface area (Å²) in [5.41, 5.74) is 3.17. The molecule has 1 fully saturated rings. The quantitative estimate of drug-likeness (QED) is 0.792. The van der Waals surface area contributed by atoms with E-state index >= 15 is 0 Å². The minimum atomic E-state index is -0.0247. The Labute approximate surface area is 153 Å². The van der Waals surface area contributed by atoms with Gasteiger partial charge in [0.1, 0.15) is 0 Å². The van der Waals surface area contributed by atoms with Crippen LogP contribution in [0.5, 0.6) is 0 Å². The number of amides is 1. The molecule has 1 aliphatic heterocycles. The van der Waals surface area contributed by atoms with Crippen LogP contribution in [-0.2, 0) is 0 Å². The number of rotatable bonds is 3. The van der Waals surface area contributed by atoms with E-state index in [4.69, 9.17) is 4.98 Å². The molecule has 2 aromatic heterocycles. The van der Waals surface area contributed by atoms with Gasteiger partial charge in [0.2, 0.25) is 0 Å². The molecule has 0 radical (unpaired) electrons. The molecular formula is C21H22N4O. The fourth-order valence-electron chi connectivity index (χ4n) is 3.44. The average Bonchev–Trinajstić information content (AvgIpc) is 2.69. The largest absolute Gasteiger partial charge is 0.349 e. The molecular weight excluding hydrogens is 324 g/mol. The number of hydrogen-bond acceptors (Lipinski definition) is 4. The Morgan fingerprint density at radius 1 is 1.15 bits per heavy atom.